The fourth-order valence-electron chi connectivity index (χ4n) is 3.58. The maximum atomic E-state index is 12.8. The van der Waals surface area contributed by atoms with Crippen molar-refractivity contribution in [3.8, 4) is 11.5 Å². The van der Waals surface area contributed by atoms with Crippen LogP contribution < -0.4 is 20.1 Å². The van der Waals surface area contributed by atoms with Gasteiger partial charge in [0.1, 0.15) is 6.61 Å². The van der Waals surface area contributed by atoms with Gasteiger partial charge in [-0.2, -0.15) is 0 Å². The number of hydrogen-bond acceptors (Lipinski definition) is 5. The lowest BCUT2D eigenvalue weighted by molar-refractivity contribution is -0.123. The van der Waals surface area contributed by atoms with Crippen LogP contribution in [0.1, 0.15) is 54.6 Å². The minimum absolute atomic E-state index is 0.136. The number of amides is 2. The molecule has 1 heterocycles. The van der Waals surface area contributed by atoms with Gasteiger partial charge in [0.15, 0.2) is 11.5 Å². The minimum atomic E-state index is -0.399. The van der Waals surface area contributed by atoms with E-state index in [2.05, 4.69) is 15.6 Å². The van der Waals surface area contributed by atoms with Gasteiger partial charge in [-0.3, -0.25) is 14.6 Å². The van der Waals surface area contributed by atoms with Gasteiger partial charge in [-0.25, -0.2) is 0 Å². The molecular weight excluding hydrogens is 430 g/mol. The Labute approximate surface area is 200 Å². The Morgan fingerprint density at radius 1 is 0.941 bits per heavy atom. The summed E-state index contributed by atoms with van der Waals surface area (Å²) in [5.74, 6) is 0.859. The van der Waals surface area contributed by atoms with Crippen LogP contribution >= 0.6 is 0 Å². The van der Waals surface area contributed by atoms with Gasteiger partial charge in [-0.1, -0.05) is 35.9 Å². The Balaban J connectivity index is 1.64. The molecule has 3 rings (SSSR count). The molecule has 34 heavy (non-hydrogen) atoms. The van der Waals surface area contributed by atoms with Crippen LogP contribution in [0.5, 0.6) is 11.5 Å². The summed E-state index contributed by atoms with van der Waals surface area (Å²) < 4.78 is 11.4. The van der Waals surface area contributed by atoms with E-state index in [0.717, 1.165) is 22.3 Å². The van der Waals surface area contributed by atoms with E-state index in [1.807, 2.05) is 68.4 Å². The molecule has 0 fully saturated rings. The second kappa shape index (κ2) is 11.8. The molecule has 2 amide bonds. The highest BCUT2D eigenvalue weighted by atomic mass is 16.5. The third-order valence-electron chi connectivity index (χ3n) is 5.46. The fourth-order valence-corrected chi connectivity index (χ4v) is 3.58. The Hall–Kier alpha value is -3.87. The Morgan fingerprint density at radius 3 is 2.26 bits per heavy atom. The quantitative estimate of drug-likeness (QED) is 0.466. The number of methoxy groups -OCH3 is 1. The summed E-state index contributed by atoms with van der Waals surface area (Å²) >= 11 is 0. The highest BCUT2D eigenvalue weighted by Crippen LogP contribution is 2.31. The topological polar surface area (TPSA) is 89.6 Å². The number of nitrogens with one attached hydrogen (secondary N) is 2. The zero-order chi connectivity index (χ0) is 24.5. The summed E-state index contributed by atoms with van der Waals surface area (Å²) in [6, 6.07) is 16.5. The van der Waals surface area contributed by atoms with Gasteiger partial charge in [0.25, 0.3) is 0 Å². The molecule has 178 valence electrons. The summed E-state index contributed by atoms with van der Waals surface area (Å²) in [7, 11) is 1.58. The lowest BCUT2D eigenvalue weighted by Crippen LogP contribution is -2.33. The van der Waals surface area contributed by atoms with Gasteiger partial charge in [0, 0.05) is 19.3 Å². The number of carbonyl (C=O) groups excluding carboxylic acids is 2. The molecule has 7 heteroatoms. The zero-order valence-corrected chi connectivity index (χ0v) is 20.0. The average molecular weight is 462 g/mol. The van der Waals surface area contributed by atoms with Crippen LogP contribution in [-0.2, 0) is 16.2 Å². The van der Waals surface area contributed by atoms with Crippen molar-refractivity contribution in [1.82, 2.24) is 15.6 Å². The highest BCUT2D eigenvalue weighted by Gasteiger charge is 2.19. The van der Waals surface area contributed by atoms with Crippen LogP contribution in [0.15, 0.2) is 67.0 Å². The third kappa shape index (κ3) is 7.07. The molecule has 7 nitrogen and oxygen atoms in total. The standard InChI is InChI=1S/C27H31N3O4/c1-18-5-7-22(8-6-18)24(30-20(3)31)16-27(32)29-19(2)23-9-10-25(26(15-23)33-4)34-17-21-11-13-28-14-12-21/h5-15,19,24H,16-17H2,1-4H3,(H,29,32)(H,30,31). The second-order valence-electron chi connectivity index (χ2n) is 8.21. The first-order valence-electron chi connectivity index (χ1n) is 11.2. The summed E-state index contributed by atoms with van der Waals surface area (Å²) in [6.45, 7) is 5.75. The normalized spacial score (nSPS) is 12.4. The number of benzene rings is 2. The molecule has 3 aromatic rings. The van der Waals surface area contributed by atoms with E-state index in [0.29, 0.717) is 18.1 Å². The van der Waals surface area contributed by atoms with Gasteiger partial charge in [0.05, 0.1) is 25.6 Å². The van der Waals surface area contributed by atoms with Crippen LogP contribution in [-0.4, -0.2) is 23.9 Å². The van der Waals surface area contributed by atoms with Gasteiger partial charge in [-0.05, 0) is 54.8 Å². The molecule has 2 unspecified atom stereocenters. The van der Waals surface area contributed by atoms with Crippen molar-refractivity contribution >= 4 is 11.8 Å². The van der Waals surface area contributed by atoms with Gasteiger partial charge in [-0.15, -0.1) is 0 Å². The van der Waals surface area contributed by atoms with Crippen molar-refractivity contribution in [3.05, 3.63) is 89.2 Å². The monoisotopic (exact) mass is 461 g/mol. The van der Waals surface area contributed by atoms with Crippen LogP contribution in [0, 0.1) is 6.92 Å². The summed E-state index contributed by atoms with van der Waals surface area (Å²) in [4.78, 5) is 28.5. The van der Waals surface area contributed by atoms with E-state index in [4.69, 9.17) is 9.47 Å². The lowest BCUT2D eigenvalue weighted by atomic mass is 10.0. The average Bonchev–Trinajstić information content (AvgIpc) is 2.83. The molecule has 0 spiro atoms. The van der Waals surface area contributed by atoms with Crippen molar-refractivity contribution in [2.75, 3.05) is 7.11 Å². The van der Waals surface area contributed by atoms with E-state index >= 15 is 0 Å². The summed E-state index contributed by atoms with van der Waals surface area (Å²) in [6.07, 6.45) is 3.58. The zero-order valence-electron chi connectivity index (χ0n) is 20.0. The Kier molecular flexibility index (Phi) is 8.62. The smallest absolute Gasteiger partial charge is 0.222 e. The van der Waals surface area contributed by atoms with Crippen LogP contribution in [0.25, 0.3) is 0 Å². The summed E-state index contributed by atoms with van der Waals surface area (Å²) in [5.41, 5.74) is 3.89. The molecule has 0 bridgehead atoms. The number of carbonyl (C=O) groups is 2. The van der Waals surface area contributed by atoms with Crippen LogP contribution in [0.3, 0.4) is 0 Å². The predicted octanol–water partition coefficient (Wildman–Crippen LogP) is 4.42. The maximum Gasteiger partial charge on any atom is 0.222 e. The molecule has 2 aromatic carbocycles. The lowest BCUT2D eigenvalue weighted by Gasteiger charge is -2.21. The number of nitrogens with zero attached hydrogens (tertiary/aromatic N) is 1. The molecule has 2 atom stereocenters. The molecule has 0 saturated carbocycles. The number of aryl methyl sites for hydroxylation is 1. The number of rotatable bonds is 10. The van der Waals surface area contributed by atoms with E-state index < -0.39 is 6.04 Å². The van der Waals surface area contributed by atoms with Crippen molar-refractivity contribution < 1.29 is 19.1 Å². The number of hydrogen-bond donors (Lipinski definition) is 2. The Bertz CT molecular complexity index is 1100. The molecule has 1 aromatic heterocycles. The van der Waals surface area contributed by atoms with Crippen molar-refractivity contribution in [3.63, 3.8) is 0 Å². The number of aromatic nitrogens is 1. The van der Waals surface area contributed by atoms with Crippen molar-refractivity contribution in [2.45, 2.75) is 45.9 Å². The molecule has 0 aliphatic rings. The first-order chi connectivity index (χ1) is 16.4. The van der Waals surface area contributed by atoms with Crippen molar-refractivity contribution in [1.29, 1.82) is 0 Å². The molecule has 0 saturated heterocycles. The third-order valence-corrected chi connectivity index (χ3v) is 5.46. The molecule has 2 N–H and O–H groups in total. The van der Waals surface area contributed by atoms with Crippen LogP contribution in [0.2, 0.25) is 0 Å². The van der Waals surface area contributed by atoms with Gasteiger partial charge in [0.2, 0.25) is 11.8 Å². The maximum absolute atomic E-state index is 12.8. The van der Waals surface area contributed by atoms with Gasteiger partial charge < -0.3 is 20.1 Å². The second-order valence-corrected chi connectivity index (χ2v) is 8.21. The molecule has 0 radical (unpaired) electrons. The van der Waals surface area contributed by atoms with E-state index in [9.17, 15) is 9.59 Å². The van der Waals surface area contributed by atoms with Crippen molar-refractivity contribution in [2.24, 2.45) is 0 Å². The molecule has 0 aliphatic carbocycles. The van der Waals surface area contributed by atoms with E-state index in [-0.39, 0.29) is 24.3 Å². The fraction of sp³-hybridized carbons (Fsp3) is 0.296. The minimum Gasteiger partial charge on any atom is -0.493 e. The Morgan fingerprint density at radius 2 is 1.62 bits per heavy atom. The van der Waals surface area contributed by atoms with Gasteiger partial charge >= 0.3 is 0 Å². The number of ether oxygens (including phenoxy) is 2. The highest BCUT2D eigenvalue weighted by molar-refractivity contribution is 5.79. The predicted molar refractivity (Wildman–Crippen MR) is 130 cm³/mol. The van der Waals surface area contributed by atoms with E-state index in [1.165, 1.54) is 6.92 Å². The number of pyridine rings is 1. The molecular formula is C27H31N3O4. The SMILES string of the molecule is COc1cc(C(C)NC(=O)CC(NC(C)=O)c2ccc(C)cc2)ccc1OCc1ccncc1. The van der Waals surface area contributed by atoms with E-state index in [1.54, 1.807) is 19.5 Å². The summed E-state index contributed by atoms with van der Waals surface area (Å²) in [5, 5.41) is 5.89. The largest absolute Gasteiger partial charge is 0.493 e. The molecule has 0 aliphatic heterocycles. The first-order valence-corrected chi connectivity index (χ1v) is 11.2. The first kappa shape index (κ1) is 24.8. The van der Waals surface area contributed by atoms with Crippen LogP contribution in [0.4, 0.5) is 0 Å².